The predicted octanol–water partition coefficient (Wildman–Crippen LogP) is 6.08. The van der Waals surface area contributed by atoms with Crippen LogP contribution in [-0.4, -0.2) is 23.9 Å². The van der Waals surface area contributed by atoms with E-state index >= 15 is 0 Å². The largest absolute Gasteiger partial charge is 0.461 e. The summed E-state index contributed by atoms with van der Waals surface area (Å²) in [6.45, 7) is 0.621. The first-order chi connectivity index (χ1) is 14.3. The molecule has 2 aliphatic rings. The van der Waals surface area contributed by atoms with E-state index in [4.69, 9.17) is 9.73 Å². The Morgan fingerprint density at radius 2 is 1.24 bits per heavy atom. The summed E-state index contributed by atoms with van der Waals surface area (Å²) in [5, 5.41) is 0. The van der Waals surface area contributed by atoms with Crippen molar-refractivity contribution in [3.8, 4) is 0 Å². The van der Waals surface area contributed by atoms with Crippen molar-refractivity contribution in [1.29, 1.82) is 0 Å². The fraction of sp³-hybridized carbons (Fsp3) is 0.240. The number of thioether (sulfide) groups is 2. The summed E-state index contributed by atoms with van der Waals surface area (Å²) in [5.41, 5.74) is 3.00. The van der Waals surface area contributed by atoms with Gasteiger partial charge in [-0.05, 0) is 41.2 Å². The van der Waals surface area contributed by atoms with Crippen LogP contribution in [0.1, 0.15) is 23.1 Å². The highest BCUT2D eigenvalue weighted by Gasteiger charge is 2.60. The number of hydrogen-bond donors (Lipinski definition) is 0. The zero-order chi connectivity index (χ0) is 19.6. The van der Waals surface area contributed by atoms with Gasteiger partial charge in [0.25, 0.3) is 0 Å². The van der Waals surface area contributed by atoms with Gasteiger partial charge < -0.3 is 4.74 Å². The second-order valence-electron chi connectivity index (χ2n) is 7.32. The van der Waals surface area contributed by atoms with Crippen LogP contribution in [0.2, 0.25) is 0 Å². The van der Waals surface area contributed by atoms with E-state index in [-0.39, 0.29) is 4.08 Å². The molecule has 2 heterocycles. The van der Waals surface area contributed by atoms with E-state index in [1.54, 1.807) is 0 Å². The molecule has 0 spiro atoms. The quantitative estimate of drug-likeness (QED) is 0.513. The molecule has 0 bridgehead atoms. The molecule has 0 aliphatic carbocycles. The maximum atomic E-state index is 6.93. The van der Waals surface area contributed by atoms with Crippen molar-refractivity contribution in [1.82, 2.24) is 0 Å². The highest BCUT2D eigenvalue weighted by Crippen LogP contribution is 2.63. The summed E-state index contributed by atoms with van der Waals surface area (Å²) in [4.78, 5) is 4.95. The van der Waals surface area contributed by atoms with Gasteiger partial charge in [0, 0.05) is 5.56 Å². The second-order valence-corrected chi connectivity index (χ2v) is 10.2. The van der Waals surface area contributed by atoms with Gasteiger partial charge in [0.05, 0.1) is 6.54 Å². The molecule has 4 heteroatoms. The van der Waals surface area contributed by atoms with Gasteiger partial charge in [-0.2, -0.15) is 0 Å². The molecule has 146 valence electrons. The number of ether oxygens (including phenoxy) is 1. The molecule has 2 nitrogen and oxygen atoms in total. The van der Waals surface area contributed by atoms with Crippen molar-refractivity contribution < 1.29 is 4.74 Å². The average Bonchev–Trinajstić information content (AvgIpc) is 3.29. The molecule has 3 aromatic rings. The van der Waals surface area contributed by atoms with Crippen LogP contribution >= 0.6 is 23.5 Å². The van der Waals surface area contributed by atoms with Gasteiger partial charge in [0.1, 0.15) is 4.08 Å². The summed E-state index contributed by atoms with van der Waals surface area (Å²) in [6, 6.07) is 31.8. The van der Waals surface area contributed by atoms with Gasteiger partial charge in [0.15, 0.2) is 5.60 Å². The molecule has 2 aliphatic heterocycles. The molecule has 1 atom stereocenters. The van der Waals surface area contributed by atoms with Crippen LogP contribution in [0.3, 0.4) is 0 Å². The van der Waals surface area contributed by atoms with Crippen LogP contribution in [0, 0.1) is 0 Å². The molecule has 0 aromatic heterocycles. The maximum absolute atomic E-state index is 6.93. The van der Waals surface area contributed by atoms with Crippen molar-refractivity contribution in [2.45, 2.75) is 16.1 Å². The zero-order valence-corrected chi connectivity index (χ0v) is 17.8. The monoisotopic (exact) mass is 417 g/mol. The van der Waals surface area contributed by atoms with Crippen LogP contribution in [0.5, 0.6) is 0 Å². The maximum Gasteiger partial charge on any atom is 0.217 e. The van der Waals surface area contributed by atoms with E-state index in [0.717, 1.165) is 23.0 Å². The predicted molar refractivity (Wildman–Crippen MR) is 125 cm³/mol. The lowest BCUT2D eigenvalue weighted by atomic mass is 9.86. The van der Waals surface area contributed by atoms with Crippen LogP contribution in [-0.2, 0) is 14.4 Å². The Balaban J connectivity index is 1.67. The number of rotatable bonds is 4. The van der Waals surface area contributed by atoms with Crippen LogP contribution < -0.4 is 0 Å². The Morgan fingerprint density at radius 3 is 1.86 bits per heavy atom. The van der Waals surface area contributed by atoms with E-state index in [1.165, 1.54) is 17.5 Å². The third-order valence-electron chi connectivity index (χ3n) is 5.56. The number of hydrogen-bond acceptors (Lipinski definition) is 4. The second kappa shape index (κ2) is 7.92. The summed E-state index contributed by atoms with van der Waals surface area (Å²) in [7, 11) is 0. The Morgan fingerprint density at radius 1 is 0.690 bits per heavy atom. The summed E-state index contributed by atoms with van der Waals surface area (Å²) in [5.74, 6) is 3.00. The topological polar surface area (TPSA) is 21.6 Å². The minimum Gasteiger partial charge on any atom is -0.461 e. The molecule has 0 radical (unpaired) electrons. The van der Waals surface area contributed by atoms with Crippen molar-refractivity contribution in [2.75, 3.05) is 18.1 Å². The molecule has 0 saturated carbocycles. The Kier molecular flexibility index (Phi) is 5.15. The highest BCUT2D eigenvalue weighted by atomic mass is 32.2. The Bertz CT molecular complexity index is 985. The lowest BCUT2D eigenvalue weighted by Gasteiger charge is -2.48. The summed E-state index contributed by atoms with van der Waals surface area (Å²) in [6.07, 6.45) is 1.22. The number of benzene rings is 3. The van der Waals surface area contributed by atoms with Crippen LogP contribution in [0.4, 0.5) is 0 Å². The molecule has 5 rings (SSSR count). The van der Waals surface area contributed by atoms with E-state index < -0.39 is 5.60 Å². The van der Waals surface area contributed by atoms with E-state index in [1.807, 2.05) is 41.7 Å². The third kappa shape index (κ3) is 3.19. The first kappa shape index (κ1) is 18.8. The fourth-order valence-corrected chi connectivity index (χ4v) is 7.87. The van der Waals surface area contributed by atoms with Crippen LogP contribution in [0.25, 0.3) is 0 Å². The zero-order valence-electron chi connectivity index (χ0n) is 16.2. The van der Waals surface area contributed by atoms with E-state index in [2.05, 4.69) is 72.8 Å². The molecule has 29 heavy (non-hydrogen) atoms. The molecular formula is C25H23NOS2. The minimum atomic E-state index is -0.545. The molecule has 1 fully saturated rings. The van der Waals surface area contributed by atoms with Gasteiger partial charge >= 0.3 is 0 Å². The molecule has 0 amide bonds. The summed E-state index contributed by atoms with van der Waals surface area (Å²) < 4.78 is 6.68. The summed E-state index contributed by atoms with van der Waals surface area (Å²) >= 11 is 4.03. The van der Waals surface area contributed by atoms with Crippen molar-refractivity contribution in [3.63, 3.8) is 0 Å². The van der Waals surface area contributed by atoms with Gasteiger partial charge in [-0.3, -0.25) is 0 Å². The SMILES string of the molecule is c1ccc(C2=NC[C@@](c3ccccc3)(C3(c4ccccc4)SCCCS3)O2)cc1. The van der Waals surface area contributed by atoms with E-state index in [0.29, 0.717) is 6.54 Å². The van der Waals surface area contributed by atoms with Crippen molar-refractivity contribution in [2.24, 2.45) is 4.99 Å². The molecule has 3 aromatic carbocycles. The molecule has 1 saturated heterocycles. The third-order valence-corrected chi connectivity index (χ3v) is 9.20. The number of aliphatic imine (C=N–C) groups is 1. The molecule has 0 N–H and O–H groups in total. The minimum absolute atomic E-state index is 0.242. The average molecular weight is 418 g/mol. The van der Waals surface area contributed by atoms with Gasteiger partial charge in [-0.25, -0.2) is 4.99 Å². The smallest absolute Gasteiger partial charge is 0.217 e. The fourth-order valence-electron chi connectivity index (χ4n) is 4.19. The van der Waals surface area contributed by atoms with Crippen LogP contribution in [0.15, 0.2) is 96.0 Å². The van der Waals surface area contributed by atoms with E-state index in [9.17, 15) is 0 Å². The van der Waals surface area contributed by atoms with Crippen molar-refractivity contribution >= 4 is 29.4 Å². The van der Waals surface area contributed by atoms with Gasteiger partial charge in [-0.1, -0.05) is 78.9 Å². The van der Waals surface area contributed by atoms with Gasteiger partial charge in [0.2, 0.25) is 5.90 Å². The first-order valence-electron chi connectivity index (χ1n) is 10.0. The molecule has 0 unspecified atom stereocenters. The van der Waals surface area contributed by atoms with Gasteiger partial charge in [-0.15, -0.1) is 23.5 Å². The lowest BCUT2D eigenvalue weighted by Crippen LogP contribution is -2.49. The molecular weight excluding hydrogens is 394 g/mol. The first-order valence-corrected chi connectivity index (χ1v) is 12.0. The lowest BCUT2D eigenvalue weighted by molar-refractivity contribution is 0.0708. The standard InChI is InChI=1S/C25H23NOS2/c1-4-11-20(12-5-1)23-26-19-24(27-23,21-13-6-2-7-14-21)25(28-17-10-18-29-25)22-15-8-3-9-16-22/h1-9,11-16H,10,17-19H2/t24-/m1/s1. The Hall–Kier alpha value is -2.17. The number of nitrogens with zero attached hydrogens (tertiary/aromatic N) is 1. The normalized spacial score (nSPS) is 23.2. The highest BCUT2D eigenvalue weighted by molar-refractivity contribution is 8.18. The Labute approximate surface area is 180 Å². The van der Waals surface area contributed by atoms with Crippen molar-refractivity contribution in [3.05, 3.63) is 108 Å².